The number of benzene rings is 2. The molecule has 0 bridgehead atoms. The van der Waals surface area contributed by atoms with Crippen LogP contribution in [0.25, 0.3) is 10.8 Å². The standard InChI is InChI=1S/C14H16.2C2H6/c1-3-4-12-6-8-13-9-11(2)5-7-14(13)10-12;2*1-2/h5-10H,3-4H2,1-2H3;2*1-2H3. The molecule has 0 N–H and O–H groups in total. The molecule has 0 atom stereocenters. The summed E-state index contributed by atoms with van der Waals surface area (Å²) in [6, 6.07) is 13.4. The highest BCUT2D eigenvalue weighted by molar-refractivity contribution is 5.83. The Bertz CT molecular complexity index is 441. The molecule has 0 saturated carbocycles. The first-order valence-electron chi connectivity index (χ1n) is 7.29. The van der Waals surface area contributed by atoms with Crippen molar-refractivity contribution in [1.82, 2.24) is 0 Å². The Labute approximate surface area is 113 Å². The Kier molecular flexibility index (Phi) is 9.00. The topological polar surface area (TPSA) is 0 Å². The van der Waals surface area contributed by atoms with Crippen LogP contribution in [0.3, 0.4) is 0 Å². The smallest absolute Gasteiger partial charge is 0.0181 e. The molecule has 0 aliphatic heterocycles. The molecule has 0 saturated heterocycles. The van der Waals surface area contributed by atoms with Crippen LogP contribution >= 0.6 is 0 Å². The zero-order chi connectivity index (χ0) is 14.0. The SMILES string of the molecule is CC.CC.CCCc1ccc2cc(C)ccc2c1. The lowest BCUT2D eigenvalue weighted by Gasteiger charge is -2.03. The average molecular weight is 244 g/mol. The lowest BCUT2D eigenvalue weighted by molar-refractivity contribution is 0.924. The highest BCUT2D eigenvalue weighted by atomic mass is 14.0. The van der Waals surface area contributed by atoms with E-state index in [4.69, 9.17) is 0 Å². The molecule has 0 aliphatic rings. The molecule has 0 unspecified atom stereocenters. The first-order valence-corrected chi connectivity index (χ1v) is 7.29. The Morgan fingerprint density at radius 2 is 1.33 bits per heavy atom. The van der Waals surface area contributed by atoms with Crippen molar-refractivity contribution in [2.75, 3.05) is 0 Å². The molecule has 0 aromatic heterocycles. The number of hydrogen-bond acceptors (Lipinski definition) is 0. The summed E-state index contributed by atoms with van der Waals surface area (Å²) in [7, 11) is 0. The summed E-state index contributed by atoms with van der Waals surface area (Å²) in [4.78, 5) is 0. The normalized spacial score (nSPS) is 9.00. The van der Waals surface area contributed by atoms with Gasteiger partial charge in [-0.15, -0.1) is 0 Å². The molecule has 0 amide bonds. The van der Waals surface area contributed by atoms with Crippen molar-refractivity contribution >= 4 is 10.8 Å². The fraction of sp³-hybridized carbons (Fsp3) is 0.444. The number of rotatable bonds is 2. The molecule has 2 rings (SSSR count). The third-order valence-corrected chi connectivity index (χ3v) is 2.60. The lowest BCUT2D eigenvalue weighted by Crippen LogP contribution is -1.83. The van der Waals surface area contributed by atoms with Crippen molar-refractivity contribution in [2.45, 2.75) is 54.4 Å². The second-order valence-electron chi connectivity index (χ2n) is 3.93. The minimum atomic E-state index is 1.18. The maximum absolute atomic E-state index is 2.30. The van der Waals surface area contributed by atoms with E-state index in [0.29, 0.717) is 0 Å². The molecular formula is C18H28. The summed E-state index contributed by atoms with van der Waals surface area (Å²) in [5, 5.41) is 2.71. The quantitative estimate of drug-likeness (QED) is 0.594. The first-order chi connectivity index (χ1) is 8.79. The minimum Gasteiger partial charge on any atom is -0.0683 e. The second-order valence-corrected chi connectivity index (χ2v) is 3.93. The van der Waals surface area contributed by atoms with Crippen LogP contribution in [0, 0.1) is 6.92 Å². The van der Waals surface area contributed by atoms with Gasteiger partial charge < -0.3 is 0 Å². The predicted octanol–water partition coefficient (Wildman–Crippen LogP) is 6.15. The molecule has 2 aromatic rings. The second kappa shape index (κ2) is 9.70. The van der Waals surface area contributed by atoms with Gasteiger partial charge in [-0.25, -0.2) is 0 Å². The van der Waals surface area contributed by atoms with Crippen LogP contribution in [0.2, 0.25) is 0 Å². The fourth-order valence-corrected chi connectivity index (χ4v) is 1.86. The van der Waals surface area contributed by atoms with Crippen LogP contribution in [0.1, 0.15) is 52.2 Å². The third-order valence-electron chi connectivity index (χ3n) is 2.60. The van der Waals surface area contributed by atoms with Gasteiger partial charge in [-0.1, -0.05) is 83.0 Å². The Balaban J connectivity index is 0.000000659. The molecule has 100 valence electrons. The average Bonchev–Trinajstić information content (AvgIpc) is 2.44. The molecule has 0 nitrogen and oxygen atoms in total. The van der Waals surface area contributed by atoms with E-state index in [9.17, 15) is 0 Å². The van der Waals surface area contributed by atoms with Crippen LogP contribution in [0.4, 0.5) is 0 Å². The Morgan fingerprint density at radius 1 is 0.778 bits per heavy atom. The van der Waals surface area contributed by atoms with Crippen LogP contribution < -0.4 is 0 Å². The van der Waals surface area contributed by atoms with Crippen molar-refractivity contribution in [3.63, 3.8) is 0 Å². The van der Waals surface area contributed by atoms with Gasteiger partial charge in [-0.05, 0) is 29.7 Å². The Hall–Kier alpha value is -1.30. The van der Waals surface area contributed by atoms with Gasteiger partial charge in [0.25, 0.3) is 0 Å². The zero-order valence-corrected chi connectivity index (χ0v) is 12.9. The van der Waals surface area contributed by atoms with E-state index in [1.165, 1.54) is 34.7 Å². The van der Waals surface area contributed by atoms with Gasteiger partial charge >= 0.3 is 0 Å². The van der Waals surface area contributed by atoms with Gasteiger partial charge in [0, 0.05) is 0 Å². The number of fused-ring (bicyclic) bond motifs is 1. The van der Waals surface area contributed by atoms with Crippen molar-refractivity contribution < 1.29 is 0 Å². The fourth-order valence-electron chi connectivity index (χ4n) is 1.86. The molecule has 2 aromatic carbocycles. The van der Waals surface area contributed by atoms with E-state index < -0.39 is 0 Å². The maximum Gasteiger partial charge on any atom is -0.0181 e. The molecule has 0 aliphatic carbocycles. The summed E-state index contributed by atoms with van der Waals surface area (Å²) in [6.07, 6.45) is 2.40. The van der Waals surface area contributed by atoms with Gasteiger partial charge in [-0.3, -0.25) is 0 Å². The summed E-state index contributed by atoms with van der Waals surface area (Å²) < 4.78 is 0. The highest BCUT2D eigenvalue weighted by Gasteiger charge is 1.95. The van der Waals surface area contributed by atoms with Gasteiger partial charge in [-0.2, -0.15) is 0 Å². The van der Waals surface area contributed by atoms with Crippen LogP contribution in [0.5, 0.6) is 0 Å². The van der Waals surface area contributed by atoms with E-state index in [2.05, 4.69) is 50.2 Å². The molecular weight excluding hydrogens is 216 g/mol. The number of hydrogen-bond donors (Lipinski definition) is 0. The Morgan fingerprint density at radius 3 is 1.94 bits per heavy atom. The maximum atomic E-state index is 2.30. The van der Waals surface area contributed by atoms with Gasteiger partial charge in [0.05, 0.1) is 0 Å². The molecule has 0 radical (unpaired) electrons. The van der Waals surface area contributed by atoms with Crippen LogP contribution in [-0.4, -0.2) is 0 Å². The van der Waals surface area contributed by atoms with E-state index in [1.54, 1.807) is 0 Å². The summed E-state index contributed by atoms with van der Waals surface area (Å²) in [5.41, 5.74) is 2.78. The summed E-state index contributed by atoms with van der Waals surface area (Å²) in [6.45, 7) is 12.4. The predicted molar refractivity (Wildman–Crippen MR) is 85.4 cm³/mol. The van der Waals surface area contributed by atoms with Crippen LogP contribution in [-0.2, 0) is 6.42 Å². The van der Waals surface area contributed by atoms with Crippen molar-refractivity contribution in [2.24, 2.45) is 0 Å². The lowest BCUT2D eigenvalue weighted by atomic mass is 10.0. The van der Waals surface area contributed by atoms with Crippen LogP contribution in [0.15, 0.2) is 36.4 Å². The van der Waals surface area contributed by atoms with Crippen molar-refractivity contribution in [3.05, 3.63) is 47.5 Å². The third kappa shape index (κ3) is 4.91. The highest BCUT2D eigenvalue weighted by Crippen LogP contribution is 2.18. The van der Waals surface area contributed by atoms with Gasteiger partial charge in [0.1, 0.15) is 0 Å². The summed E-state index contributed by atoms with van der Waals surface area (Å²) in [5.74, 6) is 0. The van der Waals surface area contributed by atoms with E-state index in [-0.39, 0.29) is 0 Å². The van der Waals surface area contributed by atoms with Crippen molar-refractivity contribution in [1.29, 1.82) is 0 Å². The monoisotopic (exact) mass is 244 g/mol. The molecule has 0 spiro atoms. The van der Waals surface area contributed by atoms with E-state index >= 15 is 0 Å². The largest absolute Gasteiger partial charge is 0.0683 e. The van der Waals surface area contributed by atoms with Crippen molar-refractivity contribution in [3.8, 4) is 0 Å². The van der Waals surface area contributed by atoms with E-state index in [0.717, 1.165) is 0 Å². The van der Waals surface area contributed by atoms with Gasteiger partial charge in [0.2, 0.25) is 0 Å². The molecule has 0 heterocycles. The minimum absolute atomic E-state index is 1.18. The summed E-state index contributed by atoms with van der Waals surface area (Å²) >= 11 is 0. The molecule has 0 heteroatoms. The molecule has 18 heavy (non-hydrogen) atoms. The van der Waals surface area contributed by atoms with Gasteiger partial charge in [0.15, 0.2) is 0 Å². The first kappa shape index (κ1) is 16.7. The van der Waals surface area contributed by atoms with E-state index in [1.807, 2.05) is 27.7 Å². The molecule has 0 fully saturated rings. The zero-order valence-electron chi connectivity index (χ0n) is 12.9. The number of aryl methyl sites for hydroxylation is 2.